The number of carbonyl (C=O) groups is 1. The zero-order chi connectivity index (χ0) is 28.0. The van der Waals surface area contributed by atoms with E-state index >= 15 is 0 Å². The number of halogens is 4. The molecule has 2 aromatic carbocycles. The Balaban J connectivity index is 0.000000294. The molecule has 2 heterocycles. The van der Waals surface area contributed by atoms with Crippen LogP contribution in [0.15, 0.2) is 42.4 Å². The van der Waals surface area contributed by atoms with Gasteiger partial charge in [-0.3, -0.25) is 9.78 Å². The minimum atomic E-state index is -1.89. The number of aliphatic hydroxyl groups excluding tert-OH is 1. The van der Waals surface area contributed by atoms with Crippen LogP contribution < -0.4 is 0 Å². The molecule has 0 aliphatic carbocycles. The summed E-state index contributed by atoms with van der Waals surface area (Å²) in [5, 5.41) is 10.0. The van der Waals surface area contributed by atoms with Crippen LogP contribution in [0.2, 0.25) is 0 Å². The quantitative estimate of drug-likeness (QED) is 0.0491. The zero-order valence-electron chi connectivity index (χ0n) is 22.0. The van der Waals surface area contributed by atoms with Crippen molar-refractivity contribution < 1.29 is 47.6 Å². The van der Waals surface area contributed by atoms with E-state index in [2.05, 4.69) is 16.0 Å². The monoisotopic (exact) mass is 738 g/mol. The smallest absolute Gasteiger partial charge is 0.199 e. The first kappa shape index (κ1) is 32.5. The number of ketones is 1. The van der Waals surface area contributed by atoms with Gasteiger partial charge in [0.05, 0.1) is 5.76 Å². The third-order valence-corrected chi connectivity index (χ3v) is 7.57. The predicted octanol–water partition coefficient (Wildman–Crippen LogP) is 8.74. The molecular formula is C29H29F4IrN2O2S-. The summed E-state index contributed by atoms with van der Waals surface area (Å²) < 4.78 is 55.8. The Morgan fingerprint density at radius 3 is 2.10 bits per heavy atom. The minimum absolute atomic E-state index is 0. The van der Waals surface area contributed by atoms with Gasteiger partial charge in [-0.2, -0.15) is 0 Å². The Hall–Kier alpha value is -2.68. The number of allylic oxidation sites excluding steroid dienone is 2. The molecule has 4 rings (SSSR count). The summed E-state index contributed by atoms with van der Waals surface area (Å²) in [7, 11) is 0. The second kappa shape index (κ2) is 14.6. The van der Waals surface area contributed by atoms with Gasteiger partial charge in [0, 0.05) is 49.1 Å². The van der Waals surface area contributed by atoms with Gasteiger partial charge in [-0.1, -0.05) is 39.8 Å². The summed E-state index contributed by atoms with van der Waals surface area (Å²) >= 11 is 1.24. The fraction of sp³-hybridized carbons (Fsp3) is 0.345. The third kappa shape index (κ3) is 7.10. The van der Waals surface area contributed by atoms with E-state index in [1.54, 1.807) is 6.07 Å². The summed E-state index contributed by atoms with van der Waals surface area (Å²) in [6.07, 6.45) is 5.89. The molecule has 0 aliphatic rings. The predicted molar refractivity (Wildman–Crippen MR) is 143 cm³/mol. The van der Waals surface area contributed by atoms with E-state index < -0.39 is 34.2 Å². The van der Waals surface area contributed by atoms with Gasteiger partial charge in [-0.25, -0.2) is 33.9 Å². The Morgan fingerprint density at radius 1 is 0.923 bits per heavy atom. The van der Waals surface area contributed by atoms with Gasteiger partial charge in [0.2, 0.25) is 0 Å². The zero-order valence-corrected chi connectivity index (χ0v) is 25.2. The van der Waals surface area contributed by atoms with Crippen LogP contribution >= 0.6 is 11.3 Å². The molecule has 2 aromatic heterocycles. The fourth-order valence-corrected chi connectivity index (χ4v) is 5.15. The first-order valence-electron chi connectivity index (χ1n) is 12.5. The summed E-state index contributed by atoms with van der Waals surface area (Å²) in [5.74, 6) is -6.28. The van der Waals surface area contributed by atoms with E-state index in [9.17, 15) is 27.5 Å². The molecule has 0 atom stereocenters. The standard InChI is InChI=1S/C16H5F4N2S.C13H24O2.Ir/c17-11-10-15(9-5-7-3-1-2-4-8(7)23-9)21-6-22-16(10)14(20)13(19)12(11)18;1-5-10(6-2)12(14)9-13(15)11(7-3)8-4;/h1-4,6H;9-11,14H,5-8H2,1-4H3;/q-1;;/b;12-9-;. The molecule has 39 heavy (non-hydrogen) atoms. The second-order valence-electron chi connectivity index (χ2n) is 8.75. The van der Waals surface area contributed by atoms with Gasteiger partial charge in [0.25, 0.3) is 0 Å². The Morgan fingerprint density at radius 2 is 1.51 bits per heavy atom. The first-order chi connectivity index (χ1) is 18.2. The molecule has 211 valence electrons. The molecular weight excluding hydrogens is 709 g/mol. The van der Waals surface area contributed by atoms with Crippen molar-refractivity contribution in [2.45, 2.75) is 53.4 Å². The Bertz CT molecular complexity index is 1430. The van der Waals surface area contributed by atoms with Crippen LogP contribution in [0.5, 0.6) is 0 Å². The van der Waals surface area contributed by atoms with E-state index in [-0.39, 0.29) is 49.2 Å². The Kier molecular flexibility index (Phi) is 12.2. The van der Waals surface area contributed by atoms with Crippen molar-refractivity contribution in [1.29, 1.82) is 0 Å². The molecule has 0 fully saturated rings. The van der Waals surface area contributed by atoms with Crippen LogP contribution in [-0.4, -0.2) is 20.9 Å². The second-order valence-corrected chi connectivity index (χ2v) is 9.80. The molecule has 0 amide bonds. The van der Waals surface area contributed by atoms with Crippen LogP contribution in [-0.2, 0) is 24.9 Å². The van der Waals surface area contributed by atoms with Crippen molar-refractivity contribution >= 4 is 38.1 Å². The van der Waals surface area contributed by atoms with Gasteiger partial charge in [0.15, 0.2) is 29.1 Å². The van der Waals surface area contributed by atoms with Crippen molar-refractivity contribution in [2.24, 2.45) is 11.8 Å². The average molecular weight is 738 g/mol. The molecule has 0 bridgehead atoms. The van der Waals surface area contributed by atoms with Crippen molar-refractivity contribution in [3.63, 3.8) is 0 Å². The van der Waals surface area contributed by atoms with Gasteiger partial charge in [-0.15, -0.1) is 23.6 Å². The third-order valence-electron chi connectivity index (χ3n) is 6.50. The molecule has 4 aromatic rings. The molecule has 10 heteroatoms. The molecule has 1 radical (unpaired) electrons. The van der Waals surface area contributed by atoms with Crippen LogP contribution in [0.1, 0.15) is 53.4 Å². The molecule has 0 unspecified atom stereocenters. The fourth-order valence-electron chi connectivity index (χ4n) is 4.14. The normalized spacial score (nSPS) is 11.6. The van der Waals surface area contributed by atoms with Gasteiger partial charge in [0.1, 0.15) is 11.8 Å². The molecule has 0 spiro atoms. The number of carbonyl (C=O) groups excluding carboxylic acids is 1. The van der Waals surface area contributed by atoms with E-state index in [1.807, 2.05) is 45.9 Å². The molecule has 1 N–H and O–H groups in total. The number of benzene rings is 2. The number of aromatic nitrogens is 2. The van der Waals surface area contributed by atoms with Crippen LogP contribution in [0.4, 0.5) is 17.6 Å². The summed E-state index contributed by atoms with van der Waals surface area (Å²) in [4.78, 5) is 19.6. The number of rotatable bonds is 8. The minimum Gasteiger partial charge on any atom is -0.512 e. The van der Waals surface area contributed by atoms with E-state index in [0.717, 1.165) is 42.1 Å². The van der Waals surface area contributed by atoms with E-state index in [1.165, 1.54) is 17.4 Å². The van der Waals surface area contributed by atoms with Crippen molar-refractivity contribution in [2.75, 3.05) is 0 Å². The maximum Gasteiger partial charge on any atom is 0.199 e. The molecule has 0 saturated heterocycles. The first-order valence-corrected chi connectivity index (χ1v) is 13.3. The van der Waals surface area contributed by atoms with Crippen molar-refractivity contribution in [3.05, 3.63) is 71.8 Å². The number of hydrogen-bond acceptors (Lipinski definition) is 5. The van der Waals surface area contributed by atoms with Crippen molar-refractivity contribution in [3.8, 4) is 10.6 Å². The van der Waals surface area contributed by atoms with Gasteiger partial charge < -0.3 is 5.11 Å². The van der Waals surface area contributed by atoms with Crippen LogP contribution in [0, 0.1) is 41.2 Å². The van der Waals surface area contributed by atoms with Crippen LogP contribution in [0.25, 0.3) is 31.6 Å². The van der Waals surface area contributed by atoms with Crippen LogP contribution in [0.3, 0.4) is 0 Å². The molecule has 0 aliphatic heterocycles. The largest absolute Gasteiger partial charge is 0.512 e. The number of thiophene rings is 1. The van der Waals surface area contributed by atoms with E-state index in [4.69, 9.17) is 0 Å². The number of hydrogen-bond donors (Lipinski definition) is 1. The van der Waals surface area contributed by atoms with Gasteiger partial charge >= 0.3 is 0 Å². The summed E-state index contributed by atoms with van der Waals surface area (Å²) in [6, 6.07) is 10.3. The molecule has 0 saturated carbocycles. The Labute approximate surface area is 242 Å². The summed E-state index contributed by atoms with van der Waals surface area (Å²) in [5.41, 5.74) is -0.622. The number of fused-ring (bicyclic) bond motifs is 2. The average Bonchev–Trinajstić information content (AvgIpc) is 3.36. The summed E-state index contributed by atoms with van der Waals surface area (Å²) in [6.45, 7) is 8.07. The SMILES string of the molecule is CCC(CC)C(=O)/C=C(\O)C(CC)CC.Fc1c(F)c(F)c2c(-c3[c-]c4ccccc4s3)ncnc2c1F.[Ir]. The topological polar surface area (TPSA) is 63.1 Å². The van der Waals surface area contributed by atoms with Crippen molar-refractivity contribution in [1.82, 2.24) is 9.97 Å². The maximum absolute atomic E-state index is 14.2. The number of aliphatic hydroxyl groups is 1. The molecule has 4 nitrogen and oxygen atoms in total. The van der Waals surface area contributed by atoms with Gasteiger partial charge in [-0.05, 0) is 35.3 Å². The maximum atomic E-state index is 14.2. The number of nitrogens with zero attached hydrogens (tertiary/aromatic N) is 2. The van der Waals surface area contributed by atoms with E-state index in [0.29, 0.717) is 4.88 Å².